The highest BCUT2D eigenvalue weighted by Gasteiger charge is 2.09. The van der Waals surface area contributed by atoms with Crippen molar-refractivity contribution in [3.63, 3.8) is 0 Å². The van der Waals surface area contributed by atoms with Gasteiger partial charge in [-0.25, -0.2) is 0 Å². The molecule has 1 amide bonds. The van der Waals surface area contributed by atoms with E-state index in [9.17, 15) is 4.79 Å². The topological polar surface area (TPSA) is 107 Å². The first-order valence-corrected chi connectivity index (χ1v) is 4.94. The molecule has 0 aliphatic carbocycles. The summed E-state index contributed by atoms with van der Waals surface area (Å²) < 4.78 is 4.77. The van der Waals surface area contributed by atoms with Crippen molar-refractivity contribution in [2.75, 3.05) is 5.73 Å². The van der Waals surface area contributed by atoms with E-state index in [1.54, 1.807) is 13.0 Å². The zero-order valence-corrected chi connectivity index (χ0v) is 9.17. The quantitative estimate of drug-likeness (QED) is 0.788. The Morgan fingerprint density at radius 2 is 2.41 bits per heavy atom. The van der Waals surface area contributed by atoms with Gasteiger partial charge in [0.05, 0.1) is 6.54 Å². The van der Waals surface area contributed by atoms with Crippen LogP contribution in [0.25, 0.3) is 0 Å². The lowest BCUT2D eigenvalue weighted by Gasteiger charge is -2.01. The molecular weight excluding hydrogens is 222 g/mol. The summed E-state index contributed by atoms with van der Waals surface area (Å²) >= 11 is 0. The lowest BCUT2D eigenvalue weighted by molar-refractivity contribution is 0.0944. The number of nitrogens with two attached hydrogens (primary N) is 1. The highest BCUT2D eigenvalue weighted by Crippen LogP contribution is 2.03. The van der Waals surface area contributed by atoms with Crippen LogP contribution in [0.1, 0.15) is 22.2 Å². The van der Waals surface area contributed by atoms with Gasteiger partial charge in [0.25, 0.3) is 5.91 Å². The molecule has 2 rings (SSSR count). The predicted molar refractivity (Wildman–Crippen MR) is 58.9 cm³/mol. The van der Waals surface area contributed by atoms with Gasteiger partial charge in [-0.05, 0) is 12.1 Å². The van der Waals surface area contributed by atoms with Gasteiger partial charge in [-0.15, -0.1) is 0 Å². The molecule has 7 heteroatoms. The maximum Gasteiger partial charge on any atom is 0.270 e. The molecule has 0 saturated carbocycles. The first-order valence-electron chi connectivity index (χ1n) is 4.94. The molecule has 0 bridgehead atoms. The fourth-order valence-electron chi connectivity index (χ4n) is 1.23. The number of nitrogens with zero attached hydrogens (tertiary/aromatic N) is 3. The summed E-state index contributed by atoms with van der Waals surface area (Å²) in [5, 5.41) is 6.27. The number of aryl methyl sites for hydroxylation is 1. The van der Waals surface area contributed by atoms with Crippen molar-refractivity contribution in [3.05, 3.63) is 35.7 Å². The molecule has 0 radical (unpaired) electrons. The molecule has 0 aliphatic rings. The number of nitrogen functional groups attached to an aromatic ring is 1. The zero-order chi connectivity index (χ0) is 12.3. The van der Waals surface area contributed by atoms with Gasteiger partial charge in [0, 0.05) is 18.8 Å². The van der Waals surface area contributed by atoms with Crippen LogP contribution in [0.4, 0.5) is 5.69 Å². The summed E-state index contributed by atoms with van der Waals surface area (Å²) in [5.41, 5.74) is 6.29. The molecule has 0 atom stereocenters. The standard InChI is InChI=1S/C10H11N5O2/c1-6-14-9(15-17-6)5-13-10(16)8-4-7(11)2-3-12-8/h2-4H,5H2,1H3,(H2,11,12)(H,13,16). The highest BCUT2D eigenvalue weighted by molar-refractivity contribution is 5.92. The summed E-state index contributed by atoms with van der Waals surface area (Å²) in [5.74, 6) is 0.538. The average Bonchev–Trinajstić information content (AvgIpc) is 2.72. The van der Waals surface area contributed by atoms with Gasteiger partial charge in [0.15, 0.2) is 5.82 Å². The number of amides is 1. The molecule has 7 nitrogen and oxygen atoms in total. The minimum absolute atomic E-state index is 0.187. The third kappa shape index (κ3) is 2.77. The molecule has 0 aliphatic heterocycles. The SMILES string of the molecule is Cc1nc(CNC(=O)c2cc(N)ccn2)no1. The Morgan fingerprint density at radius 1 is 1.59 bits per heavy atom. The maximum atomic E-state index is 11.7. The lowest BCUT2D eigenvalue weighted by atomic mass is 10.3. The molecule has 0 spiro atoms. The van der Waals surface area contributed by atoms with E-state index < -0.39 is 0 Å². The highest BCUT2D eigenvalue weighted by atomic mass is 16.5. The summed E-state index contributed by atoms with van der Waals surface area (Å²) in [6.07, 6.45) is 1.47. The van der Waals surface area contributed by atoms with E-state index in [1.807, 2.05) is 0 Å². The monoisotopic (exact) mass is 233 g/mol. The number of hydrogen-bond acceptors (Lipinski definition) is 6. The van der Waals surface area contributed by atoms with Crippen molar-refractivity contribution in [1.29, 1.82) is 0 Å². The van der Waals surface area contributed by atoms with E-state index in [-0.39, 0.29) is 18.1 Å². The molecular formula is C10H11N5O2. The van der Waals surface area contributed by atoms with Crippen LogP contribution >= 0.6 is 0 Å². The minimum Gasteiger partial charge on any atom is -0.399 e. The van der Waals surface area contributed by atoms with Crippen LogP contribution in [-0.2, 0) is 6.54 Å². The van der Waals surface area contributed by atoms with Gasteiger partial charge in [-0.3, -0.25) is 9.78 Å². The van der Waals surface area contributed by atoms with E-state index in [0.717, 1.165) is 0 Å². The summed E-state index contributed by atoms with van der Waals surface area (Å²) in [7, 11) is 0. The molecule has 88 valence electrons. The Morgan fingerprint density at radius 3 is 3.06 bits per heavy atom. The summed E-state index contributed by atoms with van der Waals surface area (Å²) in [6.45, 7) is 1.87. The first-order chi connectivity index (χ1) is 8.15. The molecule has 0 fully saturated rings. The second-order valence-electron chi connectivity index (χ2n) is 3.39. The average molecular weight is 233 g/mol. The molecule has 0 saturated heterocycles. The molecule has 17 heavy (non-hydrogen) atoms. The fourth-order valence-corrected chi connectivity index (χ4v) is 1.23. The van der Waals surface area contributed by atoms with Crippen LogP contribution in [0.2, 0.25) is 0 Å². The summed E-state index contributed by atoms with van der Waals surface area (Å²) in [4.78, 5) is 19.5. The molecule has 3 N–H and O–H groups in total. The van der Waals surface area contributed by atoms with E-state index >= 15 is 0 Å². The predicted octanol–water partition coefficient (Wildman–Crippen LogP) is 0.285. The minimum atomic E-state index is -0.334. The first kappa shape index (κ1) is 11.1. The Hall–Kier alpha value is -2.44. The van der Waals surface area contributed by atoms with Gasteiger partial charge in [0.1, 0.15) is 5.69 Å². The smallest absolute Gasteiger partial charge is 0.270 e. The molecule has 2 heterocycles. The van der Waals surface area contributed by atoms with Crippen LogP contribution in [0.5, 0.6) is 0 Å². The number of anilines is 1. The molecule has 2 aromatic heterocycles. The number of pyridine rings is 1. The van der Waals surface area contributed by atoms with Crippen LogP contribution in [0, 0.1) is 6.92 Å². The number of rotatable bonds is 3. The van der Waals surface area contributed by atoms with E-state index in [1.165, 1.54) is 12.3 Å². The van der Waals surface area contributed by atoms with E-state index in [0.29, 0.717) is 17.4 Å². The number of nitrogens with one attached hydrogen (secondary N) is 1. The second-order valence-corrected chi connectivity index (χ2v) is 3.39. The summed E-state index contributed by atoms with van der Waals surface area (Å²) in [6, 6.07) is 3.11. The van der Waals surface area contributed by atoms with Crippen molar-refractivity contribution >= 4 is 11.6 Å². The van der Waals surface area contributed by atoms with Gasteiger partial charge in [-0.1, -0.05) is 5.16 Å². The largest absolute Gasteiger partial charge is 0.399 e. The zero-order valence-electron chi connectivity index (χ0n) is 9.17. The Balaban J connectivity index is 1.98. The molecule has 0 unspecified atom stereocenters. The number of carbonyl (C=O) groups excluding carboxylic acids is 1. The molecule has 2 aromatic rings. The van der Waals surface area contributed by atoms with Crippen LogP contribution in [0.3, 0.4) is 0 Å². The number of carbonyl (C=O) groups is 1. The van der Waals surface area contributed by atoms with Crippen molar-refractivity contribution in [2.24, 2.45) is 0 Å². The van der Waals surface area contributed by atoms with Crippen molar-refractivity contribution < 1.29 is 9.32 Å². The Labute approximate surface area is 97.0 Å². The van der Waals surface area contributed by atoms with Crippen LogP contribution < -0.4 is 11.1 Å². The number of hydrogen-bond donors (Lipinski definition) is 2. The maximum absolute atomic E-state index is 11.7. The Bertz CT molecular complexity index is 537. The van der Waals surface area contributed by atoms with Crippen molar-refractivity contribution in [3.8, 4) is 0 Å². The van der Waals surface area contributed by atoms with Gasteiger partial charge in [0.2, 0.25) is 5.89 Å². The number of aromatic nitrogens is 3. The molecule has 0 aromatic carbocycles. The van der Waals surface area contributed by atoms with E-state index in [2.05, 4.69) is 20.4 Å². The van der Waals surface area contributed by atoms with Crippen molar-refractivity contribution in [1.82, 2.24) is 20.4 Å². The van der Waals surface area contributed by atoms with Crippen molar-refractivity contribution in [2.45, 2.75) is 13.5 Å². The Kier molecular flexibility index (Phi) is 2.99. The van der Waals surface area contributed by atoms with Gasteiger partial charge in [-0.2, -0.15) is 4.98 Å². The van der Waals surface area contributed by atoms with Crippen LogP contribution in [-0.4, -0.2) is 21.0 Å². The third-order valence-corrected chi connectivity index (χ3v) is 1.99. The van der Waals surface area contributed by atoms with Crippen LogP contribution in [0.15, 0.2) is 22.9 Å². The van der Waals surface area contributed by atoms with E-state index in [4.69, 9.17) is 10.3 Å². The second kappa shape index (κ2) is 4.60. The normalized spacial score (nSPS) is 10.2. The third-order valence-electron chi connectivity index (χ3n) is 1.99. The fraction of sp³-hybridized carbons (Fsp3) is 0.200. The lowest BCUT2D eigenvalue weighted by Crippen LogP contribution is -2.24. The van der Waals surface area contributed by atoms with Gasteiger partial charge < -0.3 is 15.6 Å². The van der Waals surface area contributed by atoms with Gasteiger partial charge >= 0.3 is 0 Å².